The van der Waals surface area contributed by atoms with E-state index in [-0.39, 0.29) is 17.9 Å². The van der Waals surface area contributed by atoms with Crippen LogP contribution in [-0.4, -0.2) is 56.4 Å². The summed E-state index contributed by atoms with van der Waals surface area (Å²) in [5.41, 5.74) is -0.493. The molecule has 1 aliphatic heterocycles. The van der Waals surface area contributed by atoms with Crippen LogP contribution in [-0.2, 0) is 14.8 Å². The van der Waals surface area contributed by atoms with E-state index < -0.39 is 15.6 Å². The zero-order chi connectivity index (χ0) is 16.1. The Morgan fingerprint density at radius 2 is 2.10 bits per heavy atom. The Morgan fingerprint density at radius 1 is 1.43 bits per heavy atom. The molecule has 0 aromatic carbocycles. The van der Waals surface area contributed by atoms with Crippen LogP contribution in [0.4, 0.5) is 4.79 Å². The SMILES string of the molecule is CC(C)(C)OC(=O)N1CCCC1CNCCCS(N)(=O)=O. The lowest BCUT2D eigenvalue weighted by atomic mass is 10.2. The zero-order valence-electron chi connectivity index (χ0n) is 13.1. The van der Waals surface area contributed by atoms with Crippen molar-refractivity contribution in [2.45, 2.75) is 51.7 Å². The highest BCUT2D eigenvalue weighted by atomic mass is 32.2. The average molecular weight is 321 g/mol. The van der Waals surface area contributed by atoms with Gasteiger partial charge in [-0.2, -0.15) is 0 Å². The van der Waals surface area contributed by atoms with E-state index in [4.69, 9.17) is 9.88 Å². The van der Waals surface area contributed by atoms with Gasteiger partial charge in [-0.05, 0) is 46.6 Å². The maximum Gasteiger partial charge on any atom is 0.410 e. The number of primary sulfonamides is 1. The molecule has 21 heavy (non-hydrogen) atoms. The fourth-order valence-corrected chi connectivity index (χ4v) is 2.82. The summed E-state index contributed by atoms with van der Waals surface area (Å²) >= 11 is 0. The van der Waals surface area contributed by atoms with Crippen molar-refractivity contribution in [2.24, 2.45) is 5.14 Å². The minimum absolute atomic E-state index is 0.0273. The van der Waals surface area contributed by atoms with E-state index in [1.165, 1.54) is 0 Å². The van der Waals surface area contributed by atoms with Crippen LogP contribution < -0.4 is 10.5 Å². The van der Waals surface area contributed by atoms with Gasteiger partial charge < -0.3 is 15.0 Å². The smallest absolute Gasteiger partial charge is 0.410 e. The second-order valence-corrected chi connectivity index (χ2v) is 8.13. The number of nitrogens with two attached hydrogens (primary N) is 1. The van der Waals surface area contributed by atoms with E-state index in [1.807, 2.05) is 20.8 Å². The second kappa shape index (κ2) is 7.42. The van der Waals surface area contributed by atoms with Gasteiger partial charge in [0.05, 0.1) is 5.75 Å². The first kappa shape index (κ1) is 18.2. The summed E-state index contributed by atoms with van der Waals surface area (Å²) in [5.74, 6) is -0.0273. The number of amides is 1. The first-order valence-corrected chi connectivity index (χ1v) is 9.01. The number of nitrogens with zero attached hydrogens (tertiary/aromatic N) is 1. The van der Waals surface area contributed by atoms with Crippen molar-refractivity contribution in [1.82, 2.24) is 10.2 Å². The number of ether oxygens (including phenoxy) is 1. The van der Waals surface area contributed by atoms with E-state index in [9.17, 15) is 13.2 Å². The van der Waals surface area contributed by atoms with E-state index in [2.05, 4.69) is 5.32 Å². The summed E-state index contributed by atoms with van der Waals surface area (Å²) in [6.07, 6.45) is 2.08. The van der Waals surface area contributed by atoms with Crippen molar-refractivity contribution in [2.75, 3.05) is 25.4 Å². The highest BCUT2D eigenvalue weighted by Crippen LogP contribution is 2.20. The van der Waals surface area contributed by atoms with Crippen molar-refractivity contribution >= 4 is 16.1 Å². The zero-order valence-corrected chi connectivity index (χ0v) is 13.9. The molecule has 0 aromatic rings. The Labute approximate surface area is 127 Å². The largest absolute Gasteiger partial charge is 0.444 e. The Bertz CT molecular complexity index is 445. The van der Waals surface area contributed by atoms with Gasteiger partial charge in [-0.25, -0.2) is 18.4 Å². The third kappa shape index (κ3) is 7.63. The maximum absolute atomic E-state index is 12.1. The molecule has 1 fully saturated rings. The standard InChI is InChI=1S/C13H27N3O4S/c1-13(2,3)20-12(17)16-8-4-6-11(16)10-15-7-5-9-21(14,18)19/h11,15H,4-10H2,1-3H3,(H2,14,18,19). The van der Waals surface area contributed by atoms with Gasteiger partial charge in [0.25, 0.3) is 0 Å². The summed E-state index contributed by atoms with van der Waals surface area (Å²) in [6, 6.07) is 0.106. The molecule has 1 heterocycles. The van der Waals surface area contributed by atoms with E-state index in [1.54, 1.807) is 4.90 Å². The van der Waals surface area contributed by atoms with Crippen LogP contribution in [0.5, 0.6) is 0 Å². The molecule has 1 unspecified atom stereocenters. The normalized spacial score (nSPS) is 19.8. The molecular weight excluding hydrogens is 294 g/mol. The lowest BCUT2D eigenvalue weighted by Gasteiger charge is -2.28. The van der Waals surface area contributed by atoms with Crippen molar-refractivity contribution < 1.29 is 17.9 Å². The van der Waals surface area contributed by atoms with Gasteiger partial charge in [-0.1, -0.05) is 0 Å². The summed E-state index contributed by atoms with van der Waals surface area (Å²) < 4.78 is 27.0. The highest BCUT2D eigenvalue weighted by Gasteiger charge is 2.31. The van der Waals surface area contributed by atoms with E-state index in [0.29, 0.717) is 26.1 Å². The Kier molecular flexibility index (Phi) is 6.42. The third-order valence-corrected chi connectivity index (χ3v) is 4.03. The molecule has 7 nitrogen and oxygen atoms in total. The third-order valence-electron chi connectivity index (χ3n) is 3.17. The predicted molar refractivity (Wildman–Crippen MR) is 81.4 cm³/mol. The van der Waals surface area contributed by atoms with E-state index >= 15 is 0 Å². The number of likely N-dealkylation sites (tertiary alicyclic amines) is 1. The molecule has 1 aliphatic rings. The number of rotatable bonds is 6. The van der Waals surface area contributed by atoms with Crippen molar-refractivity contribution in [3.05, 3.63) is 0 Å². The van der Waals surface area contributed by atoms with Crippen LogP contribution in [0.1, 0.15) is 40.0 Å². The fraction of sp³-hybridized carbons (Fsp3) is 0.923. The lowest BCUT2D eigenvalue weighted by molar-refractivity contribution is 0.0227. The summed E-state index contributed by atoms with van der Waals surface area (Å²) in [4.78, 5) is 13.8. The fourth-order valence-electron chi connectivity index (χ4n) is 2.28. The van der Waals surface area contributed by atoms with Gasteiger partial charge >= 0.3 is 6.09 Å². The number of nitrogens with one attached hydrogen (secondary N) is 1. The van der Waals surface area contributed by atoms with Crippen molar-refractivity contribution in [3.8, 4) is 0 Å². The molecular formula is C13H27N3O4S. The van der Waals surface area contributed by atoms with Gasteiger partial charge in [0, 0.05) is 19.1 Å². The molecule has 1 atom stereocenters. The van der Waals surface area contributed by atoms with Gasteiger partial charge in [0.2, 0.25) is 10.0 Å². The van der Waals surface area contributed by atoms with Gasteiger partial charge in [-0.15, -0.1) is 0 Å². The number of hydrogen-bond acceptors (Lipinski definition) is 5. The first-order valence-electron chi connectivity index (χ1n) is 7.29. The molecule has 0 spiro atoms. The Morgan fingerprint density at radius 3 is 2.67 bits per heavy atom. The van der Waals surface area contributed by atoms with Gasteiger partial charge in [-0.3, -0.25) is 0 Å². The number of hydrogen-bond donors (Lipinski definition) is 2. The average Bonchev–Trinajstić information content (AvgIpc) is 2.73. The molecule has 124 valence electrons. The van der Waals surface area contributed by atoms with Crippen LogP contribution in [0.3, 0.4) is 0 Å². The number of sulfonamides is 1. The monoisotopic (exact) mass is 321 g/mol. The number of carbonyl (C=O) groups is 1. The van der Waals surface area contributed by atoms with Crippen LogP contribution in [0.2, 0.25) is 0 Å². The molecule has 0 aromatic heterocycles. The first-order chi connectivity index (χ1) is 9.58. The van der Waals surface area contributed by atoms with Crippen LogP contribution in [0.15, 0.2) is 0 Å². The van der Waals surface area contributed by atoms with Crippen LogP contribution >= 0.6 is 0 Å². The molecule has 1 saturated heterocycles. The Hall–Kier alpha value is -0.860. The topological polar surface area (TPSA) is 102 Å². The molecule has 0 aliphatic carbocycles. The molecule has 0 bridgehead atoms. The predicted octanol–water partition coefficient (Wildman–Crippen LogP) is 0.654. The summed E-state index contributed by atoms with van der Waals surface area (Å²) in [7, 11) is -3.39. The second-order valence-electron chi connectivity index (χ2n) is 6.39. The van der Waals surface area contributed by atoms with Crippen molar-refractivity contribution in [3.63, 3.8) is 0 Å². The van der Waals surface area contributed by atoms with Crippen molar-refractivity contribution in [1.29, 1.82) is 0 Å². The van der Waals surface area contributed by atoms with E-state index in [0.717, 1.165) is 12.8 Å². The molecule has 1 rings (SSSR count). The number of carbonyl (C=O) groups excluding carboxylic acids is 1. The molecule has 0 radical (unpaired) electrons. The summed E-state index contributed by atoms with van der Waals surface area (Å²) in [6.45, 7) is 7.46. The minimum Gasteiger partial charge on any atom is -0.444 e. The molecule has 3 N–H and O–H groups in total. The summed E-state index contributed by atoms with van der Waals surface area (Å²) in [5, 5.41) is 8.11. The lowest BCUT2D eigenvalue weighted by Crippen LogP contribution is -2.44. The minimum atomic E-state index is -3.39. The maximum atomic E-state index is 12.1. The van der Waals surface area contributed by atoms with Gasteiger partial charge in [0.1, 0.15) is 5.60 Å². The van der Waals surface area contributed by atoms with Gasteiger partial charge in [0.15, 0.2) is 0 Å². The van der Waals surface area contributed by atoms with Crippen LogP contribution in [0, 0.1) is 0 Å². The van der Waals surface area contributed by atoms with Crippen LogP contribution in [0.25, 0.3) is 0 Å². The Balaban J connectivity index is 2.32. The molecule has 1 amide bonds. The highest BCUT2D eigenvalue weighted by molar-refractivity contribution is 7.89. The molecule has 0 saturated carbocycles. The quantitative estimate of drug-likeness (QED) is 0.700. The molecule has 8 heteroatoms.